The van der Waals surface area contributed by atoms with Gasteiger partial charge in [-0.1, -0.05) is 23.7 Å². The molecule has 7 heteroatoms. The highest BCUT2D eigenvalue weighted by atomic mass is 35.5. The van der Waals surface area contributed by atoms with E-state index in [-0.39, 0.29) is 23.9 Å². The van der Waals surface area contributed by atoms with Crippen molar-refractivity contribution in [3.63, 3.8) is 0 Å². The number of piperidine rings is 2. The molecule has 1 N–H and O–H groups in total. The number of carbonyl (C=O) groups is 2. The smallest absolute Gasteiger partial charge is 0.319 e. The molecule has 0 aromatic heterocycles. The third-order valence-electron chi connectivity index (χ3n) is 5.77. The third kappa shape index (κ3) is 5.61. The average molecular weight is 407 g/mol. The molecule has 3 rings (SSSR count). The monoisotopic (exact) mass is 406 g/mol. The number of likely N-dealkylation sites (tertiary alicyclic amines) is 2. The van der Waals surface area contributed by atoms with Crippen molar-refractivity contribution in [1.29, 1.82) is 0 Å². The van der Waals surface area contributed by atoms with Gasteiger partial charge in [0.1, 0.15) is 0 Å². The van der Waals surface area contributed by atoms with E-state index in [1.54, 1.807) is 19.0 Å². The van der Waals surface area contributed by atoms with Crippen LogP contribution in [0.4, 0.5) is 4.79 Å². The van der Waals surface area contributed by atoms with Crippen LogP contribution in [0.1, 0.15) is 31.2 Å². The van der Waals surface area contributed by atoms with E-state index in [0.717, 1.165) is 50.3 Å². The number of hydrogen-bond acceptors (Lipinski definition) is 3. The van der Waals surface area contributed by atoms with E-state index >= 15 is 0 Å². The first-order chi connectivity index (χ1) is 13.4. The summed E-state index contributed by atoms with van der Waals surface area (Å²) < 4.78 is 0. The Hall–Kier alpha value is -1.79. The Morgan fingerprint density at radius 1 is 1.04 bits per heavy atom. The summed E-state index contributed by atoms with van der Waals surface area (Å²) in [6.45, 7) is 4.23. The van der Waals surface area contributed by atoms with Gasteiger partial charge in [0.05, 0.1) is 0 Å². The zero-order valence-electron chi connectivity index (χ0n) is 16.9. The van der Waals surface area contributed by atoms with Crippen molar-refractivity contribution in [2.24, 2.45) is 5.92 Å². The van der Waals surface area contributed by atoms with Gasteiger partial charge in [0.15, 0.2) is 0 Å². The molecule has 2 aliphatic rings. The van der Waals surface area contributed by atoms with Crippen molar-refractivity contribution in [1.82, 2.24) is 20.0 Å². The van der Waals surface area contributed by atoms with E-state index in [1.165, 1.54) is 5.56 Å². The summed E-state index contributed by atoms with van der Waals surface area (Å²) in [6.07, 6.45) is 3.47. The van der Waals surface area contributed by atoms with Gasteiger partial charge in [-0.25, -0.2) is 4.79 Å². The second-order valence-corrected chi connectivity index (χ2v) is 8.56. The van der Waals surface area contributed by atoms with Crippen LogP contribution >= 0.6 is 11.6 Å². The normalized spacial score (nSPS) is 19.5. The van der Waals surface area contributed by atoms with Crippen LogP contribution in [-0.4, -0.2) is 73.0 Å². The van der Waals surface area contributed by atoms with Gasteiger partial charge < -0.3 is 15.1 Å². The maximum Gasteiger partial charge on any atom is 0.319 e. The lowest BCUT2D eigenvalue weighted by Gasteiger charge is -2.35. The molecule has 3 amide bonds. The second kappa shape index (κ2) is 9.61. The molecule has 2 aliphatic heterocycles. The van der Waals surface area contributed by atoms with Crippen LogP contribution in [0.3, 0.4) is 0 Å². The summed E-state index contributed by atoms with van der Waals surface area (Å²) >= 11 is 5.95. The van der Waals surface area contributed by atoms with Crippen molar-refractivity contribution in [2.45, 2.75) is 38.3 Å². The van der Waals surface area contributed by atoms with Crippen LogP contribution in [0.2, 0.25) is 5.02 Å². The van der Waals surface area contributed by atoms with Crippen LogP contribution in [0.5, 0.6) is 0 Å². The lowest BCUT2D eigenvalue weighted by molar-refractivity contribution is -0.127. The van der Waals surface area contributed by atoms with Crippen LogP contribution in [0.25, 0.3) is 0 Å². The molecular formula is C21H31ClN4O2. The number of rotatable bonds is 4. The zero-order chi connectivity index (χ0) is 20.1. The van der Waals surface area contributed by atoms with E-state index < -0.39 is 0 Å². The van der Waals surface area contributed by atoms with Gasteiger partial charge >= 0.3 is 6.03 Å². The third-order valence-corrected chi connectivity index (χ3v) is 6.02. The molecule has 0 aliphatic carbocycles. The largest absolute Gasteiger partial charge is 0.353 e. The maximum absolute atomic E-state index is 12.6. The molecule has 0 bridgehead atoms. The highest BCUT2D eigenvalue weighted by Crippen LogP contribution is 2.20. The van der Waals surface area contributed by atoms with E-state index in [9.17, 15) is 9.59 Å². The number of nitrogens with one attached hydrogen (secondary N) is 1. The molecular weight excluding hydrogens is 376 g/mol. The first kappa shape index (κ1) is 20.9. The van der Waals surface area contributed by atoms with Gasteiger partial charge in [0.2, 0.25) is 5.91 Å². The molecule has 1 aromatic carbocycles. The molecule has 2 saturated heterocycles. The van der Waals surface area contributed by atoms with Gasteiger partial charge in [-0.15, -0.1) is 0 Å². The van der Waals surface area contributed by atoms with E-state index in [2.05, 4.69) is 22.3 Å². The second-order valence-electron chi connectivity index (χ2n) is 8.12. The Kier molecular flexibility index (Phi) is 7.18. The van der Waals surface area contributed by atoms with Crippen molar-refractivity contribution >= 4 is 23.5 Å². The van der Waals surface area contributed by atoms with Gasteiger partial charge in [-0.05, 0) is 43.4 Å². The summed E-state index contributed by atoms with van der Waals surface area (Å²) in [7, 11) is 3.53. The molecule has 1 aromatic rings. The number of halogens is 1. The molecule has 154 valence electrons. The lowest BCUT2D eigenvalue weighted by atomic mass is 9.94. The number of benzene rings is 1. The van der Waals surface area contributed by atoms with Crippen molar-refractivity contribution in [3.05, 3.63) is 34.9 Å². The fourth-order valence-electron chi connectivity index (χ4n) is 4.02. The fraction of sp³-hybridized carbons (Fsp3) is 0.619. The standard InChI is InChI=1S/C21H31ClN4O2/c1-24(2)21(28)26-13-7-17(8-14-26)20(27)23-19-9-11-25(12-10-19)15-16-3-5-18(22)6-4-16/h3-6,17,19H,7-15H2,1-2H3,(H,23,27). The first-order valence-electron chi connectivity index (χ1n) is 10.2. The number of urea groups is 1. The number of nitrogens with zero attached hydrogens (tertiary/aromatic N) is 3. The molecule has 0 saturated carbocycles. The zero-order valence-corrected chi connectivity index (χ0v) is 17.6. The van der Waals surface area contributed by atoms with Gasteiger partial charge in [0, 0.05) is 63.8 Å². The molecule has 0 radical (unpaired) electrons. The number of carbonyl (C=O) groups excluding carboxylic acids is 2. The van der Waals surface area contributed by atoms with Crippen LogP contribution < -0.4 is 5.32 Å². The number of hydrogen-bond donors (Lipinski definition) is 1. The summed E-state index contributed by atoms with van der Waals surface area (Å²) in [5, 5.41) is 4.02. The summed E-state index contributed by atoms with van der Waals surface area (Å²) in [6, 6.07) is 8.30. The number of amides is 3. The van der Waals surface area contributed by atoms with Crippen molar-refractivity contribution in [2.75, 3.05) is 40.3 Å². The van der Waals surface area contributed by atoms with Gasteiger partial charge in [-0.2, -0.15) is 0 Å². The van der Waals surface area contributed by atoms with E-state index in [4.69, 9.17) is 11.6 Å². The van der Waals surface area contributed by atoms with Gasteiger partial charge in [0.25, 0.3) is 0 Å². The van der Waals surface area contributed by atoms with Crippen molar-refractivity contribution in [3.8, 4) is 0 Å². The topological polar surface area (TPSA) is 55.9 Å². The van der Waals surface area contributed by atoms with Crippen LogP contribution in [0.15, 0.2) is 24.3 Å². The predicted octanol–water partition coefficient (Wildman–Crippen LogP) is 2.81. The van der Waals surface area contributed by atoms with Gasteiger partial charge in [-0.3, -0.25) is 9.69 Å². The Morgan fingerprint density at radius 3 is 2.21 bits per heavy atom. The minimum atomic E-state index is 0.0262. The first-order valence-corrected chi connectivity index (χ1v) is 10.5. The van der Waals surface area contributed by atoms with E-state index in [1.807, 2.05) is 17.0 Å². The minimum absolute atomic E-state index is 0.0262. The van der Waals surface area contributed by atoms with Crippen molar-refractivity contribution < 1.29 is 9.59 Å². The van der Waals surface area contributed by atoms with Crippen LogP contribution in [-0.2, 0) is 11.3 Å². The van der Waals surface area contributed by atoms with Crippen LogP contribution in [0, 0.1) is 5.92 Å². The molecule has 2 heterocycles. The molecule has 0 atom stereocenters. The van der Waals surface area contributed by atoms with E-state index in [0.29, 0.717) is 13.1 Å². The summed E-state index contributed by atoms with van der Waals surface area (Å²) in [5.41, 5.74) is 1.27. The minimum Gasteiger partial charge on any atom is -0.353 e. The molecule has 6 nitrogen and oxygen atoms in total. The Balaban J connectivity index is 1.38. The maximum atomic E-state index is 12.6. The Labute approximate surface area is 172 Å². The SMILES string of the molecule is CN(C)C(=O)N1CCC(C(=O)NC2CCN(Cc3ccc(Cl)cc3)CC2)CC1. The fourth-order valence-corrected chi connectivity index (χ4v) is 4.14. The molecule has 2 fully saturated rings. The molecule has 0 spiro atoms. The Morgan fingerprint density at radius 2 is 1.64 bits per heavy atom. The predicted molar refractivity (Wildman–Crippen MR) is 111 cm³/mol. The summed E-state index contributed by atoms with van der Waals surface area (Å²) in [4.78, 5) is 30.5. The summed E-state index contributed by atoms with van der Waals surface area (Å²) in [5.74, 6) is 0.186. The Bertz CT molecular complexity index is 663. The lowest BCUT2D eigenvalue weighted by Crippen LogP contribution is -2.49. The molecule has 28 heavy (non-hydrogen) atoms. The highest BCUT2D eigenvalue weighted by Gasteiger charge is 2.29. The molecule has 0 unspecified atom stereocenters. The quantitative estimate of drug-likeness (QED) is 0.836. The average Bonchev–Trinajstić information content (AvgIpc) is 2.70. The highest BCUT2D eigenvalue weighted by molar-refractivity contribution is 6.30.